The van der Waals surface area contributed by atoms with Gasteiger partial charge in [-0.15, -0.1) is 11.3 Å². The van der Waals surface area contributed by atoms with Crippen molar-refractivity contribution in [1.82, 2.24) is 9.88 Å². The standard InChI is InChI=1S/C17H19FN2S/c1-20(2)9-13-10-3-4-11(7-10)16(13)17-19-14-6-5-12(18)8-15(14)21-17/h5-6,8,10-11H,3-4,7,9H2,1-2H3. The van der Waals surface area contributed by atoms with Crippen molar-refractivity contribution in [3.63, 3.8) is 0 Å². The topological polar surface area (TPSA) is 16.1 Å². The highest BCUT2D eigenvalue weighted by molar-refractivity contribution is 7.19. The van der Waals surface area contributed by atoms with Crippen LogP contribution >= 0.6 is 11.3 Å². The second kappa shape index (κ2) is 4.89. The van der Waals surface area contributed by atoms with Crippen LogP contribution in [0.25, 0.3) is 15.8 Å². The molecule has 1 aromatic carbocycles. The van der Waals surface area contributed by atoms with Gasteiger partial charge < -0.3 is 4.90 Å². The van der Waals surface area contributed by atoms with Crippen LogP contribution in [0.4, 0.5) is 4.39 Å². The van der Waals surface area contributed by atoms with Crippen molar-refractivity contribution in [2.75, 3.05) is 20.6 Å². The molecular formula is C17H19FN2S. The Morgan fingerprint density at radius 1 is 1.29 bits per heavy atom. The van der Waals surface area contributed by atoms with E-state index in [1.807, 2.05) is 0 Å². The molecule has 2 aliphatic carbocycles. The molecule has 2 unspecified atom stereocenters. The van der Waals surface area contributed by atoms with Gasteiger partial charge in [0.2, 0.25) is 0 Å². The first-order chi connectivity index (χ1) is 10.1. The number of likely N-dealkylation sites (N-methyl/N-ethyl adjacent to an activating group) is 1. The second-order valence-corrected chi connectivity index (χ2v) is 7.55. The fourth-order valence-electron chi connectivity index (χ4n) is 3.92. The van der Waals surface area contributed by atoms with E-state index in [0.717, 1.165) is 27.7 Å². The Morgan fingerprint density at radius 3 is 2.90 bits per heavy atom. The van der Waals surface area contributed by atoms with E-state index >= 15 is 0 Å². The van der Waals surface area contributed by atoms with Crippen LogP contribution in [-0.2, 0) is 0 Å². The highest BCUT2D eigenvalue weighted by Crippen LogP contribution is 2.53. The summed E-state index contributed by atoms with van der Waals surface area (Å²) in [6, 6.07) is 4.90. The van der Waals surface area contributed by atoms with Crippen molar-refractivity contribution in [2.45, 2.75) is 19.3 Å². The van der Waals surface area contributed by atoms with E-state index < -0.39 is 0 Å². The van der Waals surface area contributed by atoms with Gasteiger partial charge in [0.05, 0.1) is 10.2 Å². The SMILES string of the molecule is CN(C)CC1=C(c2nc3ccc(F)cc3s2)C2CCC1C2. The Balaban J connectivity index is 1.83. The molecule has 1 fully saturated rings. The van der Waals surface area contributed by atoms with Gasteiger partial charge in [-0.05, 0) is 74.5 Å². The third-order valence-electron chi connectivity index (χ3n) is 4.75. The lowest BCUT2D eigenvalue weighted by molar-refractivity contribution is 0.423. The van der Waals surface area contributed by atoms with Crippen LogP contribution in [0.2, 0.25) is 0 Å². The predicted molar refractivity (Wildman–Crippen MR) is 85.9 cm³/mol. The molecule has 2 aliphatic rings. The van der Waals surface area contributed by atoms with Gasteiger partial charge >= 0.3 is 0 Å². The minimum atomic E-state index is -0.173. The number of fused-ring (bicyclic) bond motifs is 3. The number of aromatic nitrogens is 1. The zero-order valence-corrected chi connectivity index (χ0v) is 13.2. The van der Waals surface area contributed by atoms with E-state index in [9.17, 15) is 4.39 Å². The molecule has 0 amide bonds. The van der Waals surface area contributed by atoms with Crippen molar-refractivity contribution >= 4 is 27.1 Å². The van der Waals surface area contributed by atoms with Crippen LogP contribution in [0.5, 0.6) is 0 Å². The predicted octanol–water partition coefficient (Wildman–Crippen LogP) is 4.18. The lowest BCUT2D eigenvalue weighted by Gasteiger charge is -2.21. The number of hydrogen-bond donors (Lipinski definition) is 0. The Morgan fingerprint density at radius 2 is 2.10 bits per heavy atom. The van der Waals surface area contributed by atoms with E-state index in [2.05, 4.69) is 19.0 Å². The molecule has 21 heavy (non-hydrogen) atoms. The van der Waals surface area contributed by atoms with Gasteiger partial charge in [-0.3, -0.25) is 0 Å². The van der Waals surface area contributed by atoms with E-state index in [0.29, 0.717) is 5.92 Å². The highest BCUT2D eigenvalue weighted by Gasteiger charge is 2.40. The molecular weight excluding hydrogens is 283 g/mol. The molecule has 2 aromatic rings. The van der Waals surface area contributed by atoms with Crippen molar-refractivity contribution in [2.24, 2.45) is 11.8 Å². The lowest BCUT2D eigenvalue weighted by atomic mass is 9.92. The number of nitrogens with zero attached hydrogens (tertiary/aromatic N) is 2. The van der Waals surface area contributed by atoms with Gasteiger partial charge in [-0.25, -0.2) is 9.37 Å². The Labute approximate surface area is 128 Å². The Hall–Kier alpha value is -1.26. The van der Waals surface area contributed by atoms with Gasteiger partial charge in [0, 0.05) is 6.54 Å². The molecule has 0 saturated heterocycles. The van der Waals surface area contributed by atoms with Gasteiger partial charge in [0.25, 0.3) is 0 Å². The van der Waals surface area contributed by atoms with Crippen LogP contribution in [0.3, 0.4) is 0 Å². The summed E-state index contributed by atoms with van der Waals surface area (Å²) < 4.78 is 14.3. The normalized spacial score (nSPS) is 24.8. The third kappa shape index (κ3) is 2.21. The van der Waals surface area contributed by atoms with Gasteiger partial charge in [0.15, 0.2) is 0 Å². The summed E-state index contributed by atoms with van der Waals surface area (Å²) in [4.78, 5) is 7.04. The quantitative estimate of drug-likeness (QED) is 0.845. The van der Waals surface area contributed by atoms with E-state index in [1.54, 1.807) is 29.0 Å². The van der Waals surface area contributed by atoms with Crippen LogP contribution in [0.1, 0.15) is 24.3 Å². The summed E-state index contributed by atoms with van der Waals surface area (Å²) in [5.41, 5.74) is 3.98. The smallest absolute Gasteiger partial charge is 0.124 e. The number of hydrogen-bond acceptors (Lipinski definition) is 3. The molecule has 0 spiro atoms. The van der Waals surface area contributed by atoms with Crippen LogP contribution in [0, 0.1) is 17.7 Å². The summed E-state index contributed by atoms with van der Waals surface area (Å²) in [7, 11) is 4.26. The number of rotatable bonds is 3. The van der Waals surface area contributed by atoms with E-state index in [4.69, 9.17) is 4.98 Å². The molecule has 110 valence electrons. The summed E-state index contributed by atoms with van der Waals surface area (Å²) >= 11 is 1.65. The summed E-state index contributed by atoms with van der Waals surface area (Å²) in [6.45, 7) is 1.03. The minimum absolute atomic E-state index is 0.173. The molecule has 2 bridgehead atoms. The first kappa shape index (κ1) is 13.4. The Kier molecular flexibility index (Phi) is 3.12. The fourth-order valence-corrected chi connectivity index (χ4v) is 5.07. The summed E-state index contributed by atoms with van der Waals surface area (Å²) in [5, 5.41) is 1.12. The van der Waals surface area contributed by atoms with Crippen molar-refractivity contribution in [3.8, 4) is 0 Å². The van der Waals surface area contributed by atoms with Crippen molar-refractivity contribution in [3.05, 3.63) is 34.6 Å². The molecule has 2 nitrogen and oxygen atoms in total. The van der Waals surface area contributed by atoms with Crippen LogP contribution in [-0.4, -0.2) is 30.5 Å². The number of halogens is 1. The van der Waals surface area contributed by atoms with Gasteiger partial charge in [0.1, 0.15) is 10.8 Å². The minimum Gasteiger partial charge on any atom is -0.305 e. The third-order valence-corrected chi connectivity index (χ3v) is 5.80. The molecule has 4 heteroatoms. The van der Waals surface area contributed by atoms with E-state index in [1.165, 1.54) is 30.9 Å². The molecule has 0 radical (unpaired) electrons. The molecule has 4 rings (SSSR count). The Bertz CT molecular complexity index is 731. The second-order valence-electron chi connectivity index (χ2n) is 6.51. The molecule has 1 heterocycles. The molecule has 0 N–H and O–H groups in total. The maximum Gasteiger partial charge on any atom is 0.124 e. The number of thiazole rings is 1. The average Bonchev–Trinajstić information content (AvgIpc) is 3.10. The van der Waals surface area contributed by atoms with E-state index in [-0.39, 0.29) is 5.82 Å². The monoisotopic (exact) mass is 302 g/mol. The fraction of sp³-hybridized carbons (Fsp3) is 0.471. The first-order valence-corrected chi connectivity index (χ1v) is 8.37. The van der Waals surface area contributed by atoms with Crippen LogP contribution < -0.4 is 0 Å². The number of benzene rings is 1. The zero-order chi connectivity index (χ0) is 14.6. The summed E-state index contributed by atoms with van der Waals surface area (Å²) in [5.74, 6) is 1.25. The van der Waals surface area contributed by atoms with Crippen LogP contribution in [0.15, 0.2) is 23.8 Å². The van der Waals surface area contributed by atoms with Gasteiger partial charge in [-0.2, -0.15) is 0 Å². The highest BCUT2D eigenvalue weighted by atomic mass is 32.1. The summed E-state index contributed by atoms with van der Waals surface area (Å²) in [6.07, 6.45) is 3.92. The maximum absolute atomic E-state index is 13.4. The maximum atomic E-state index is 13.4. The molecule has 1 aromatic heterocycles. The number of allylic oxidation sites excluding steroid dienone is 1. The van der Waals surface area contributed by atoms with Crippen molar-refractivity contribution < 1.29 is 4.39 Å². The largest absolute Gasteiger partial charge is 0.305 e. The first-order valence-electron chi connectivity index (χ1n) is 7.56. The molecule has 2 atom stereocenters. The van der Waals surface area contributed by atoms with Gasteiger partial charge in [-0.1, -0.05) is 0 Å². The zero-order valence-electron chi connectivity index (χ0n) is 12.4. The molecule has 1 saturated carbocycles. The average molecular weight is 302 g/mol. The lowest BCUT2D eigenvalue weighted by Crippen LogP contribution is -2.19. The van der Waals surface area contributed by atoms with Crippen molar-refractivity contribution in [1.29, 1.82) is 0 Å². The molecule has 0 aliphatic heterocycles.